The summed E-state index contributed by atoms with van der Waals surface area (Å²) in [5, 5.41) is 2.77. The van der Waals surface area contributed by atoms with Gasteiger partial charge in [0, 0.05) is 7.05 Å². The van der Waals surface area contributed by atoms with Crippen molar-refractivity contribution in [2.45, 2.75) is 0 Å². The predicted molar refractivity (Wildman–Crippen MR) is 42.0 cm³/mol. The van der Waals surface area contributed by atoms with Gasteiger partial charge in [-0.1, -0.05) is 12.1 Å². The number of hydrogen-bond donors (Lipinski definition) is 1. The lowest BCUT2D eigenvalue weighted by molar-refractivity contribution is 0.417. The third-order valence-corrected chi connectivity index (χ3v) is 1.30. The van der Waals surface area contributed by atoms with Crippen molar-refractivity contribution in [1.82, 2.24) is 0 Å². The summed E-state index contributed by atoms with van der Waals surface area (Å²) in [6, 6.07) is 7.63. The van der Waals surface area contributed by atoms with Crippen LogP contribution in [0.15, 0.2) is 24.3 Å². The SMILES string of the molecule is [CH2]Nc1ccccc1OC. The Hall–Kier alpha value is -1.18. The maximum Gasteiger partial charge on any atom is 0.141 e. The van der Waals surface area contributed by atoms with E-state index < -0.39 is 0 Å². The fraction of sp³-hybridized carbons (Fsp3) is 0.125. The maximum absolute atomic E-state index is 5.03. The van der Waals surface area contributed by atoms with E-state index in [-0.39, 0.29) is 0 Å². The lowest BCUT2D eigenvalue weighted by atomic mass is 10.3. The zero-order valence-electron chi connectivity index (χ0n) is 5.92. The second-order valence-corrected chi connectivity index (χ2v) is 1.88. The monoisotopic (exact) mass is 136 g/mol. The fourth-order valence-corrected chi connectivity index (χ4v) is 0.791. The Morgan fingerprint density at radius 3 is 2.60 bits per heavy atom. The highest BCUT2D eigenvalue weighted by Crippen LogP contribution is 2.21. The zero-order chi connectivity index (χ0) is 7.40. The molecule has 2 nitrogen and oxygen atoms in total. The summed E-state index contributed by atoms with van der Waals surface area (Å²) in [5.74, 6) is 0.817. The van der Waals surface area contributed by atoms with Gasteiger partial charge in [-0.05, 0) is 12.1 Å². The Morgan fingerprint density at radius 2 is 2.10 bits per heavy atom. The lowest BCUT2D eigenvalue weighted by Gasteiger charge is -2.05. The van der Waals surface area contributed by atoms with Crippen LogP contribution in [-0.2, 0) is 0 Å². The predicted octanol–water partition coefficient (Wildman–Crippen LogP) is 1.90. The van der Waals surface area contributed by atoms with Crippen LogP contribution >= 0.6 is 0 Å². The number of methoxy groups -OCH3 is 1. The average molecular weight is 136 g/mol. The van der Waals surface area contributed by atoms with Crippen LogP contribution in [0.4, 0.5) is 5.69 Å². The first kappa shape index (κ1) is 6.93. The summed E-state index contributed by atoms with van der Waals surface area (Å²) < 4.78 is 5.03. The van der Waals surface area contributed by atoms with Gasteiger partial charge in [0.2, 0.25) is 0 Å². The summed E-state index contributed by atoms with van der Waals surface area (Å²) in [5.41, 5.74) is 0.907. The molecule has 0 unspecified atom stereocenters. The molecule has 0 heterocycles. The molecule has 10 heavy (non-hydrogen) atoms. The van der Waals surface area contributed by atoms with E-state index in [4.69, 9.17) is 4.74 Å². The second-order valence-electron chi connectivity index (χ2n) is 1.88. The molecule has 0 aliphatic carbocycles. The first-order chi connectivity index (χ1) is 4.88. The second kappa shape index (κ2) is 3.11. The molecule has 0 aliphatic heterocycles. The molecule has 53 valence electrons. The van der Waals surface area contributed by atoms with Gasteiger partial charge in [0.25, 0.3) is 0 Å². The van der Waals surface area contributed by atoms with Crippen molar-refractivity contribution in [1.29, 1.82) is 0 Å². The summed E-state index contributed by atoms with van der Waals surface area (Å²) in [7, 11) is 5.17. The Morgan fingerprint density at radius 1 is 1.40 bits per heavy atom. The van der Waals surface area contributed by atoms with Gasteiger partial charge in [-0.15, -0.1) is 0 Å². The Balaban J connectivity index is 2.96. The quantitative estimate of drug-likeness (QED) is 0.670. The van der Waals surface area contributed by atoms with E-state index in [1.807, 2.05) is 24.3 Å². The van der Waals surface area contributed by atoms with Crippen LogP contribution in [0.5, 0.6) is 5.75 Å². The van der Waals surface area contributed by atoms with Gasteiger partial charge >= 0.3 is 0 Å². The molecule has 1 aromatic carbocycles. The maximum atomic E-state index is 5.03. The zero-order valence-corrected chi connectivity index (χ0v) is 5.92. The van der Waals surface area contributed by atoms with Crippen LogP contribution in [0.3, 0.4) is 0 Å². The minimum atomic E-state index is 0.817. The Bertz CT molecular complexity index is 187. The standard InChI is InChI=1S/C8H10NO/c1-9-7-5-3-4-6-8(7)10-2/h3-6,9H,1H2,2H3. The molecule has 1 N–H and O–H groups in total. The molecule has 0 aromatic heterocycles. The van der Waals surface area contributed by atoms with Crippen molar-refractivity contribution >= 4 is 5.69 Å². The minimum absolute atomic E-state index is 0.817. The Labute approximate surface area is 60.8 Å². The molecule has 1 aromatic rings. The molecule has 0 atom stereocenters. The van der Waals surface area contributed by atoms with E-state index in [2.05, 4.69) is 12.4 Å². The molecule has 0 spiro atoms. The third kappa shape index (κ3) is 1.21. The van der Waals surface area contributed by atoms with E-state index in [1.165, 1.54) is 0 Å². The van der Waals surface area contributed by atoms with Crippen LogP contribution in [0, 0.1) is 7.05 Å². The first-order valence-electron chi connectivity index (χ1n) is 3.04. The smallest absolute Gasteiger partial charge is 0.141 e. The molecule has 0 saturated carbocycles. The lowest BCUT2D eigenvalue weighted by Crippen LogP contribution is -1.89. The van der Waals surface area contributed by atoms with Gasteiger partial charge < -0.3 is 10.1 Å². The van der Waals surface area contributed by atoms with Crippen molar-refractivity contribution in [3.63, 3.8) is 0 Å². The van der Waals surface area contributed by atoms with Crippen LogP contribution in [-0.4, -0.2) is 7.11 Å². The van der Waals surface area contributed by atoms with Crippen LogP contribution in [0.25, 0.3) is 0 Å². The summed E-state index contributed by atoms with van der Waals surface area (Å²) in [6.07, 6.45) is 0. The van der Waals surface area contributed by atoms with Gasteiger partial charge in [0.1, 0.15) is 5.75 Å². The number of benzene rings is 1. The van der Waals surface area contributed by atoms with Gasteiger partial charge in [0.15, 0.2) is 0 Å². The highest BCUT2D eigenvalue weighted by molar-refractivity contribution is 5.56. The third-order valence-electron chi connectivity index (χ3n) is 1.30. The summed E-state index contributed by atoms with van der Waals surface area (Å²) >= 11 is 0. The van der Waals surface area contributed by atoms with E-state index in [9.17, 15) is 0 Å². The molecule has 0 amide bonds. The van der Waals surface area contributed by atoms with Crippen molar-refractivity contribution < 1.29 is 4.74 Å². The van der Waals surface area contributed by atoms with Crippen LogP contribution in [0.2, 0.25) is 0 Å². The molecule has 0 saturated heterocycles. The normalized spacial score (nSPS) is 9.00. The van der Waals surface area contributed by atoms with Gasteiger partial charge in [-0.2, -0.15) is 0 Å². The fourth-order valence-electron chi connectivity index (χ4n) is 0.791. The average Bonchev–Trinajstić information content (AvgIpc) is 2.04. The van der Waals surface area contributed by atoms with Gasteiger partial charge in [-0.25, -0.2) is 0 Å². The largest absolute Gasteiger partial charge is 0.495 e. The number of nitrogens with one attached hydrogen (secondary N) is 1. The minimum Gasteiger partial charge on any atom is -0.495 e. The highest BCUT2D eigenvalue weighted by Gasteiger charge is 1.95. The van der Waals surface area contributed by atoms with Crippen LogP contribution in [0.1, 0.15) is 0 Å². The molecule has 1 rings (SSSR count). The van der Waals surface area contributed by atoms with Crippen molar-refractivity contribution in [3.05, 3.63) is 31.3 Å². The van der Waals surface area contributed by atoms with Crippen molar-refractivity contribution in [3.8, 4) is 5.75 Å². The van der Waals surface area contributed by atoms with Crippen LogP contribution < -0.4 is 10.1 Å². The molecule has 0 aliphatic rings. The van der Waals surface area contributed by atoms with E-state index in [1.54, 1.807) is 7.11 Å². The Kier molecular flexibility index (Phi) is 2.15. The number of rotatable bonds is 2. The molecule has 0 fully saturated rings. The number of ether oxygens (including phenoxy) is 1. The molecular weight excluding hydrogens is 126 g/mol. The topological polar surface area (TPSA) is 21.3 Å². The summed E-state index contributed by atoms with van der Waals surface area (Å²) in [4.78, 5) is 0. The highest BCUT2D eigenvalue weighted by atomic mass is 16.5. The molecule has 0 bridgehead atoms. The number of hydrogen-bond acceptors (Lipinski definition) is 2. The first-order valence-corrected chi connectivity index (χ1v) is 3.04. The van der Waals surface area contributed by atoms with Gasteiger partial charge in [-0.3, -0.25) is 0 Å². The molecule has 1 radical (unpaired) electrons. The molecular formula is C8H10NO. The van der Waals surface area contributed by atoms with Gasteiger partial charge in [0.05, 0.1) is 12.8 Å². The molecule has 2 heteroatoms. The summed E-state index contributed by atoms with van der Waals surface area (Å²) in [6.45, 7) is 0. The van der Waals surface area contributed by atoms with Crippen molar-refractivity contribution in [2.75, 3.05) is 12.4 Å². The van der Waals surface area contributed by atoms with E-state index in [0.717, 1.165) is 11.4 Å². The van der Waals surface area contributed by atoms with E-state index >= 15 is 0 Å². The number of para-hydroxylation sites is 2. The number of anilines is 1. The van der Waals surface area contributed by atoms with E-state index in [0.29, 0.717) is 0 Å². The van der Waals surface area contributed by atoms with Crippen molar-refractivity contribution in [2.24, 2.45) is 0 Å².